The van der Waals surface area contributed by atoms with Crippen molar-refractivity contribution in [2.75, 3.05) is 7.11 Å². The average molecular weight is 215 g/mol. The molecule has 1 aromatic carbocycles. The van der Waals surface area contributed by atoms with Gasteiger partial charge in [-0.25, -0.2) is 4.98 Å². The minimum Gasteiger partial charge on any atom is -0.497 e. The van der Waals surface area contributed by atoms with E-state index in [1.807, 2.05) is 30.5 Å². The van der Waals surface area contributed by atoms with Crippen molar-refractivity contribution >= 4 is 0 Å². The van der Waals surface area contributed by atoms with Gasteiger partial charge in [-0.15, -0.1) is 0 Å². The lowest BCUT2D eigenvalue weighted by Crippen LogP contribution is -1.82. The maximum atomic E-state index is 5.72. The largest absolute Gasteiger partial charge is 0.497 e. The van der Waals surface area contributed by atoms with Crippen molar-refractivity contribution in [2.24, 2.45) is 0 Å². The fourth-order valence-corrected chi connectivity index (χ4v) is 1.71. The van der Waals surface area contributed by atoms with Gasteiger partial charge >= 0.3 is 0 Å². The zero-order chi connectivity index (χ0) is 11.0. The molecule has 0 atom stereocenters. The van der Waals surface area contributed by atoms with E-state index in [0.29, 0.717) is 11.8 Å². The first-order valence-corrected chi connectivity index (χ1v) is 5.47. The van der Waals surface area contributed by atoms with Gasteiger partial charge in [-0.3, -0.25) is 0 Å². The van der Waals surface area contributed by atoms with E-state index in [1.54, 1.807) is 7.11 Å². The molecular formula is C13H13NO2. The highest BCUT2D eigenvalue weighted by molar-refractivity contribution is 5.54. The molecule has 16 heavy (non-hydrogen) atoms. The molecule has 0 radical (unpaired) electrons. The van der Waals surface area contributed by atoms with Gasteiger partial charge in [0.2, 0.25) is 5.89 Å². The van der Waals surface area contributed by atoms with Gasteiger partial charge in [0.1, 0.15) is 11.5 Å². The van der Waals surface area contributed by atoms with Gasteiger partial charge in [-0.1, -0.05) is 0 Å². The summed E-state index contributed by atoms with van der Waals surface area (Å²) in [7, 11) is 1.66. The maximum absolute atomic E-state index is 5.72. The highest BCUT2D eigenvalue weighted by atomic mass is 16.5. The summed E-state index contributed by atoms with van der Waals surface area (Å²) in [5.74, 6) is 3.17. The van der Waals surface area contributed by atoms with Gasteiger partial charge < -0.3 is 9.15 Å². The van der Waals surface area contributed by atoms with Gasteiger partial charge in [0.05, 0.1) is 13.3 Å². The molecule has 1 heterocycles. The first kappa shape index (κ1) is 9.46. The number of hydrogen-bond donors (Lipinski definition) is 0. The van der Waals surface area contributed by atoms with E-state index >= 15 is 0 Å². The smallest absolute Gasteiger partial charge is 0.226 e. The molecule has 0 spiro atoms. The lowest BCUT2D eigenvalue weighted by molar-refractivity contribution is 0.415. The van der Waals surface area contributed by atoms with Crippen molar-refractivity contribution < 1.29 is 9.15 Å². The Morgan fingerprint density at radius 3 is 2.62 bits per heavy atom. The summed E-state index contributed by atoms with van der Waals surface area (Å²) < 4.78 is 10.8. The Balaban J connectivity index is 1.88. The van der Waals surface area contributed by atoms with Crippen molar-refractivity contribution in [2.45, 2.75) is 18.8 Å². The Hall–Kier alpha value is -1.77. The van der Waals surface area contributed by atoms with Crippen LogP contribution in [0.1, 0.15) is 24.5 Å². The van der Waals surface area contributed by atoms with Crippen molar-refractivity contribution in [3.05, 3.63) is 36.2 Å². The van der Waals surface area contributed by atoms with Crippen LogP contribution in [-0.4, -0.2) is 12.1 Å². The van der Waals surface area contributed by atoms with Crippen LogP contribution >= 0.6 is 0 Å². The molecule has 2 aromatic rings. The van der Waals surface area contributed by atoms with Gasteiger partial charge in [0.15, 0.2) is 0 Å². The highest BCUT2D eigenvalue weighted by Crippen LogP contribution is 2.41. The Bertz CT molecular complexity index is 483. The second-order valence-corrected chi connectivity index (χ2v) is 4.07. The van der Waals surface area contributed by atoms with Crippen LogP contribution in [-0.2, 0) is 0 Å². The second kappa shape index (κ2) is 3.67. The summed E-state index contributed by atoms with van der Waals surface area (Å²) in [6, 6.07) is 7.75. The molecule has 82 valence electrons. The molecule has 0 amide bonds. The molecular weight excluding hydrogens is 202 g/mol. The number of aromatic nitrogens is 1. The normalized spacial score (nSPS) is 15.1. The molecule has 3 rings (SSSR count). The average Bonchev–Trinajstić information content (AvgIpc) is 3.08. The predicted molar refractivity (Wildman–Crippen MR) is 60.5 cm³/mol. The van der Waals surface area contributed by atoms with Crippen LogP contribution in [0.5, 0.6) is 5.75 Å². The van der Waals surface area contributed by atoms with Gasteiger partial charge in [-0.05, 0) is 37.1 Å². The summed E-state index contributed by atoms with van der Waals surface area (Å²) in [5, 5.41) is 0. The first-order chi connectivity index (χ1) is 7.86. The Morgan fingerprint density at radius 2 is 2.00 bits per heavy atom. The summed E-state index contributed by atoms with van der Waals surface area (Å²) in [6.07, 6.45) is 4.31. The van der Waals surface area contributed by atoms with Crippen molar-refractivity contribution in [1.82, 2.24) is 4.98 Å². The fraction of sp³-hybridized carbons (Fsp3) is 0.308. The Kier molecular flexibility index (Phi) is 2.17. The highest BCUT2D eigenvalue weighted by Gasteiger charge is 2.27. The fourth-order valence-electron chi connectivity index (χ4n) is 1.71. The number of rotatable bonds is 3. The lowest BCUT2D eigenvalue weighted by atomic mass is 10.2. The number of methoxy groups -OCH3 is 1. The van der Waals surface area contributed by atoms with Crippen LogP contribution < -0.4 is 4.74 Å². The predicted octanol–water partition coefficient (Wildman–Crippen LogP) is 3.23. The third kappa shape index (κ3) is 1.69. The number of ether oxygens (including phenoxy) is 1. The van der Waals surface area contributed by atoms with Crippen LogP contribution in [0.3, 0.4) is 0 Å². The van der Waals surface area contributed by atoms with Gasteiger partial charge in [0.25, 0.3) is 0 Å². The monoisotopic (exact) mass is 215 g/mol. The van der Waals surface area contributed by atoms with Crippen LogP contribution in [0, 0.1) is 0 Å². The molecule has 1 aliphatic rings. The first-order valence-electron chi connectivity index (χ1n) is 5.47. The lowest BCUT2D eigenvalue weighted by Gasteiger charge is -1.99. The van der Waals surface area contributed by atoms with E-state index in [2.05, 4.69) is 4.98 Å². The van der Waals surface area contributed by atoms with E-state index in [9.17, 15) is 0 Å². The van der Waals surface area contributed by atoms with Gasteiger partial charge in [-0.2, -0.15) is 0 Å². The molecule has 1 saturated carbocycles. The molecule has 1 aromatic heterocycles. The van der Waals surface area contributed by atoms with Crippen LogP contribution in [0.15, 0.2) is 34.9 Å². The van der Waals surface area contributed by atoms with E-state index in [4.69, 9.17) is 9.15 Å². The molecule has 1 fully saturated rings. The third-order valence-corrected chi connectivity index (χ3v) is 2.84. The Morgan fingerprint density at radius 1 is 1.25 bits per heavy atom. The standard InChI is InChI=1S/C13H13NO2/c1-15-11-6-4-10(5-7-11)13-14-8-12(16-13)9-2-3-9/h4-9H,2-3H2,1H3. The Labute approximate surface area is 94.1 Å². The molecule has 0 saturated heterocycles. The summed E-state index contributed by atoms with van der Waals surface area (Å²) in [5.41, 5.74) is 0.993. The van der Waals surface area contributed by atoms with Crippen LogP contribution in [0.4, 0.5) is 0 Å². The topological polar surface area (TPSA) is 35.3 Å². The van der Waals surface area contributed by atoms with Crippen molar-refractivity contribution in [1.29, 1.82) is 0 Å². The molecule has 3 nitrogen and oxygen atoms in total. The molecule has 3 heteroatoms. The summed E-state index contributed by atoms with van der Waals surface area (Å²) in [4.78, 5) is 4.30. The molecule has 0 unspecified atom stereocenters. The maximum Gasteiger partial charge on any atom is 0.226 e. The number of nitrogens with zero attached hydrogens (tertiary/aromatic N) is 1. The minimum absolute atomic E-state index is 0.611. The van der Waals surface area contributed by atoms with Gasteiger partial charge in [0, 0.05) is 11.5 Å². The SMILES string of the molecule is COc1ccc(-c2ncc(C3CC3)o2)cc1. The van der Waals surface area contributed by atoms with E-state index in [0.717, 1.165) is 17.1 Å². The zero-order valence-electron chi connectivity index (χ0n) is 9.14. The van der Waals surface area contributed by atoms with E-state index < -0.39 is 0 Å². The van der Waals surface area contributed by atoms with Crippen molar-refractivity contribution in [3.8, 4) is 17.2 Å². The molecule has 0 aliphatic heterocycles. The van der Waals surface area contributed by atoms with E-state index in [1.165, 1.54) is 12.8 Å². The van der Waals surface area contributed by atoms with Crippen LogP contribution in [0.2, 0.25) is 0 Å². The summed E-state index contributed by atoms with van der Waals surface area (Å²) in [6.45, 7) is 0. The quantitative estimate of drug-likeness (QED) is 0.788. The van der Waals surface area contributed by atoms with Crippen molar-refractivity contribution in [3.63, 3.8) is 0 Å². The van der Waals surface area contributed by atoms with Crippen LogP contribution in [0.25, 0.3) is 11.5 Å². The third-order valence-electron chi connectivity index (χ3n) is 2.84. The minimum atomic E-state index is 0.611. The molecule has 1 aliphatic carbocycles. The molecule has 0 bridgehead atoms. The zero-order valence-corrected chi connectivity index (χ0v) is 9.14. The number of hydrogen-bond acceptors (Lipinski definition) is 3. The summed E-state index contributed by atoms with van der Waals surface area (Å²) >= 11 is 0. The second-order valence-electron chi connectivity index (χ2n) is 4.07. The molecule has 0 N–H and O–H groups in total. The van der Waals surface area contributed by atoms with E-state index in [-0.39, 0.29) is 0 Å². The number of benzene rings is 1. The number of oxazole rings is 1.